The Balaban J connectivity index is 2.00. The Kier molecular flexibility index (Phi) is 6.85. The van der Waals surface area contributed by atoms with E-state index in [9.17, 15) is 21.6 Å². The van der Waals surface area contributed by atoms with Gasteiger partial charge in [0.2, 0.25) is 10.0 Å². The smallest absolute Gasteiger partial charge is 0.422 e. The van der Waals surface area contributed by atoms with Crippen molar-refractivity contribution >= 4 is 10.0 Å². The van der Waals surface area contributed by atoms with E-state index < -0.39 is 22.8 Å². The Hall–Kier alpha value is -2.10. The van der Waals surface area contributed by atoms with Crippen LogP contribution in [0.5, 0.6) is 5.75 Å². The molecule has 27 heavy (non-hydrogen) atoms. The van der Waals surface area contributed by atoms with Crippen LogP contribution in [-0.4, -0.2) is 21.2 Å². The molecule has 0 saturated heterocycles. The van der Waals surface area contributed by atoms with E-state index in [0.717, 1.165) is 11.1 Å². The number of ether oxygens (including phenoxy) is 1. The number of nitrogens with two attached hydrogens (primary N) is 1. The summed E-state index contributed by atoms with van der Waals surface area (Å²) >= 11 is 0. The summed E-state index contributed by atoms with van der Waals surface area (Å²) in [5, 5.41) is 8.47. The average molecular weight is 402 g/mol. The largest absolute Gasteiger partial charge is 0.484 e. The number of sulfonamides is 1. The molecule has 0 saturated carbocycles. The lowest BCUT2D eigenvalue weighted by Crippen LogP contribution is -2.21. The van der Waals surface area contributed by atoms with Crippen LogP contribution in [0.3, 0.4) is 0 Å². The van der Waals surface area contributed by atoms with Crippen LogP contribution in [0.25, 0.3) is 0 Å². The Morgan fingerprint density at radius 1 is 1.15 bits per heavy atom. The van der Waals surface area contributed by atoms with Crippen LogP contribution in [0.15, 0.2) is 53.4 Å². The second-order valence-corrected chi connectivity index (χ2v) is 7.57. The van der Waals surface area contributed by atoms with Gasteiger partial charge in [-0.3, -0.25) is 0 Å². The molecule has 0 unspecified atom stereocenters. The van der Waals surface area contributed by atoms with Gasteiger partial charge in [0, 0.05) is 12.6 Å². The van der Waals surface area contributed by atoms with Gasteiger partial charge in [0.05, 0.1) is 4.90 Å². The first-order valence-corrected chi connectivity index (χ1v) is 9.78. The maximum absolute atomic E-state index is 12.2. The normalized spacial score (nSPS) is 13.4. The number of primary sulfonamides is 1. The number of nitrogens with one attached hydrogen (secondary N) is 1. The van der Waals surface area contributed by atoms with Crippen molar-refractivity contribution < 1.29 is 26.3 Å². The third kappa shape index (κ3) is 6.85. The van der Waals surface area contributed by atoms with E-state index in [1.54, 1.807) is 18.2 Å². The van der Waals surface area contributed by atoms with Crippen molar-refractivity contribution in [2.45, 2.75) is 37.0 Å². The summed E-state index contributed by atoms with van der Waals surface area (Å²) in [6, 6.07) is 12.6. The predicted octanol–water partition coefficient (Wildman–Crippen LogP) is 3.52. The Labute approximate surface area is 156 Å². The molecule has 5 nitrogen and oxygen atoms in total. The maximum Gasteiger partial charge on any atom is 0.422 e. The van der Waals surface area contributed by atoms with Gasteiger partial charge in [0.1, 0.15) is 5.75 Å². The van der Waals surface area contributed by atoms with Gasteiger partial charge >= 0.3 is 6.18 Å². The quantitative estimate of drug-likeness (QED) is 0.708. The van der Waals surface area contributed by atoms with E-state index in [1.807, 2.05) is 13.0 Å². The highest BCUT2D eigenvalue weighted by atomic mass is 32.2. The minimum Gasteiger partial charge on any atom is -0.484 e. The Morgan fingerprint density at radius 2 is 1.81 bits per heavy atom. The van der Waals surface area contributed by atoms with Crippen molar-refractivity contribution in [1.82, 2.24) is 5.32 Å². The lowest BCUT2D eigenvalue weighted by molar-refractivity contribution is -0.153. The molecule has 0 aliphatic heterocycles. The molecule has 0 aromatic heterocycles. The zero-order chi connectivity index (χ0) is 20.1. The summed E-state index contributed by atoms with van der Waals surface area (Å²) in [6.45, 7) is 1.08. The highest BCUT2D eigenvalue weighted by Gasteiger charge is 2.28. The third-order valence-electron chi connectivity index (χ3n) is 3.88. The van der Waals surface area contributed by atoms with Gasteiger partial charge < -0.3 is 10.1 Å². The summed E-state index contributed by atoms with van der Waals surface area (Å²) < 4.78 is 64.1. The number of hydrogen-bond acceptors (Lipinski definition) is 4. The van der Waals surface area contributed by atoms with Crippen LogP contribution in [0.4, 0.5) is 13.2 Å². The van der Waals surface area contributed by atoms with Crippen LogP contribution in [0.2, 0.25) is 0 Å². The molecule has 0 bridgehead atoms. The molecule has 0 aliphatic carbocycles. The van der Waals surface area contributed by atoms with Gasteiger partial charge in [-0.2, -0.15) is 13.2 Å². The molecule has 2 aromatic carbocycles. The maximum atomic E-state index is 12.2. The monoisotopic (exact) mass is 402 g/mol. The number of benzene rings is 2. The van der Waals surface area contributed by atoms with Gasteiger partial charge in [-0.25, -0.2) is 13.6 Å². The molecule has 0 radical (unpaired) electrons. The summed E-state index contributed by atoms with van der Waals surface area (Å²) in [7, 11) is -3.78. The summed E-state index contributed by atoms with van der Waals surface area (Å²) in [6.07, 6.45) is -3.67. The summed E-state index contributed by atoms with van der Waals surface area (Å²) in [4.78, 5) is 0.0476. The van der Waals surface area contributed by atoms with Crippen LogP contribution < -0.4 is 15.2 Å². The second kappa shape index (κ2) is 8.73. The number of halogens is 3. The first kappa shape index (κ1) is 21.2. The molecular weight excluding hydrogens is 381 g/mol. The van der Waals surface area contributed by atoms with E-state index in [1.165, 1.54) is 24.3 Å². The first-order chi connectivity index (χ1) is 12.6. The third-order valence-corrected chi connectivity index (χ3v) is 4.79. The zero-order valence-electron chi connectivity index (χ0n) is 14.7. The van der Waals surface area contributed by atoms with E-state index in [4.69, 9.17) is 5.14 Å². The van der Waals surface area contributed by atoms with Gasteiger partial charge in [0.15, 0.2) is 6.61 Å². The Bertz CT molecular complexity index is 853. The van der Waals surface area contributed by atoms with Gasteiger partial charge in [0.25, 0.3) is 0 Å². The van der Waals surface area contributed by atoms with Gasteiger partial charge in [-0.15, -0.1) is 0 Å². The molecule has 0 amide bonds. The van der Waals surface area contributed by atoms with Crippen LogP contribution in [-0.2, 0) is 16.6 Å². The SMILES string of the molecule is CC[C@@H](NCc1ccc(OCC(F)(F)F)cc1)c1cccc(S(N)(=O)=O)c1. The molecule has 0 spiro atoms. The van der Waals surface area contributed by atoms with E-state index in [0.29, 0.717) is 13.0 Å². The van der Waals surface area contributed by atoms with Crippen molar-refractivity contribution in [2.75, 3.05) is 6.61 Å². The lowest BCUT2D eigenvalue weighted by atomic mass is 10.0. The molecule has 2 aromatic rings. The fourth-order valence-corrected chi connectivity index (χ4v) is 3.08. The van der Waals surface area contributed by atoms with Crippen LogP contribution >= 0.6 is 0 Å². The molecular formula is C18H21F3N2O3S. The zero-order valence-corrected chi connectivity index (χ0v) is 15.5. The van der Waals surface area contributed by atoms with Gasteiger partial charge in [-0.1, -0.05) is 31.2 Å². The minimum absolute atomic E-state index is 0.0476. The summed E-state index contributed by atoms with van der Waals surface area (Å²) in [5.41, 5.74) is 1.64. The number of alkyl halides is 3. The van der Waals surface area contributed by atoms with E-state index in [-0.39, 0.29) is 16.7 Å². The topological polar surface area (TPSA) is 81.4 Å². The van der Waals surface area contributed by atoms with E-state index in [2.05, 4.69) is 10.1 Å². The molecule has 0 aliphatic rings. The molecule has 9 heteroatoms. The van der Waals surface area contributed by atoms with Gasteiger partial charge in [-0.05, 0) is 41.8 Å². The minimum atomic E-state index is -4.37. The fraction of sp³-hybridized carbons (Fsp3) is 0.333. The molecule has 148 valence electrons. The van der Waals surface area contributed by atoms with Crippen molar-refractivity contribution in [3.8, 4) is 5.75 Å². The highest BCUT2D eigenvalue weighted by Crippen LogP contribution is 2.22. The molecule has 0 fully saturated rings. The van der Waals surface area contributed by atoms with Crippen LogP contribution in [0.1, 0.15) is 30.5 Å². The number of hydrogen-bond donors (Lipinski definition) is 2. The van der Waals surface area contributed by atoms with Crippen molar-refractivity contribution in [3.63, 3.8) is 0 Å². The predicted molar refractivity (Wildman–Crippen MR) is 95.7 cm³/mol. The molecule has 2 rings (SSSR count). The first-order valence-electron chi connectivity index (χ1n) is 8.23. The second-order valence-electron chi connectivity index (χ2n) is 6.01. The lowest BCUT2D eigenvalue weighted by Gasteiger charge is -2.18. The average Bonchev–Trinajstić information content (AvgIpc) is 2.60. The summed E-state index contributed by atoms with van der Waals surface area (Å²) in [5.74, 6) is 0.143. The van der Waals surface area contributed by atoms with Crippen LogP contribution in [0, 0.1) is 0 Å². The van der Waals surface area contributed by atoms with Crippen molar-refractivity contribution in [2.24, 2.45) is 5.14 Å². The van der Waals surface area contributed by atoms with Crippen molar-refractivity contribution in [1.29, 1.82) is 0 Å². The standard InChI is InChI=1S/C18H21F3N2O3S/c1-2-17(14-4-3-5-16(10-14)27(22,24)25)23-11-13-6-8-15(9-7-13)26-12-18(19,20)21/h3-10,17,23H,2,11-12H2,1H3,(H2,22,24,25)/t17-/m1/s1. The number of rotatable bonds is 8. The molecule has 3 N–H and O–H groups in total. The fourth-order valence-electron chi connectivity index (χ4n) is 2.52. The highest BCUT2D eigenvalue weighted by molar-refractivity contribution is 7.89. The Morgan fingerprint density at radius 3 is 2.37 bits per heavy atom. The molecule has 1 atom stereocenters. The molecule has 0 heterocycles. The van der Waals surface area contributed by atoms with Crippen molar-refractivity contribution in [3.05, 3.63) is 59.7 Å². The van der Waals surface area contributed by atoms with E-state index >= 15 is 0 Å².